The van der Waals surface area contributed by atoms with Gasteiger partial charge in [0.25, 0.3) is 5.91 Å². The molecule has 1 N–H and O–H groups in total. The van der Waals surface area contributed by atoms with Gasteiger partial charge in [-0.3, -0.25) is 14.5 Å². The van der Waals surface area contributed by atoms with E-state index in [-0.39, 0.29) is 11.1 Å². The van der Waals surface area contributed by atoms with Gasteiger partial charge in [-0.2, -0.15) is 0 Å². The summed E-state index contributed by atoms with van der Waals surface area (Å²) < 4.78 is 10.7. The van der Waals surface area contributed by atoms with E-state index in [0.717, 1.165) is 22.2 Å². The van der Waals surface area contributed by atoms with Crippen molar-refractivity contribution in [3.05, 3.63) is 28.7 Å². The van der Waals surface area contributed by atoms with Gasteiger partial charge in [0.05, 0.1) is 4.91 Å². The van der Waals surface area contributed by atoms with E-state index < -0.39 is 18.4 Å². The van der Waals surface area contributed by atoms with Crippen LogP contribution >= 0.6 is 24.0 Å². The van der Waals surface area contributed by atoms with Gasteiger partial charge in [-0.05, 0) is 23.8 Å². The second-order valence-electron chi connectivity index (χ2n) is 4.27. The summed E-state index contributed by atoms with van der Waals surface area (Å²) in [5, 5.41) is 8.78. The molecular formula is C13H9NO5S2. The number of carbonyl (C=O) groups is 2. The van der Waals surface area contributed by atoms with E-state index in [1.807, 2.05) is 0 Å². The summed E-state index contributed by atoms with van der Waals surface area (Å²) in [5.41, 5.74) is 0.759. The maximum atomic E-state index is 12.1. The molecule has 2 aliphatic heterocycles. The summed E-state index contributed by atoms with van der Waals surface area (Å²) in [6.45, 7) is -0.247. The Bertz CT molecular complexity index is 685. The first-order chi connectivity index (χ1) is 10.0. The highest BCUT2D eigenvalue weighted by molar-refractivity contribution is 8.26. The minimum atomic E-state index is -1.10. The van der Waals surface area contributed by atoms with Gasteiger partial charge in [0, 0.05) is 0 Å². The van der Waals surface area contributed by atoms with Crippen molar-refractivity contribution in [3.8, 4) is 11.5 Å². The van der Waals surface area contributed by atoms with Gasteiger partial charge >= 0.3 is 5.97 Å². The predicted molar refractivity (Wildman–Crippen MR) is 80.1 cm³/mol. The van der Waals surface area contributed by atoms with Crippen molar-refractivity contribution in [2.45, 2.75) is 0 Å². The van der Waals surface area contributed by atoms with Gasteiger partial charge in [0.2, 0.25) is 6.79 Å². The lowest BCUT2D eigenvalue weighted by atomic mass is 10.2. The number of carboxylic acids is 1. The van der Waals surface area contributed by atoms with Crippen LogP contribution in [0.25, 0.3) is 6.08 Å². The Kier molecular flexibility index (Phi) is 3.56. The van der Waals surface area contributed by atoms with Crippen LogP contribution in [0.4, 0.5) is 0 Å². The molecule has 0 unspecified atom stereocenters. The predicted octanol–water partition coefficient (Wildman–Crippen LogP) is 1.70. The highest BCUT2D eigenvalue weighted by Crippen LogP contribution is 2.36. The lowest BCUT2D eigenvalue weighted by Gasteiger charge is -2.10. The average molecular weight is 323 g/mol. The lowest BCUT2D eigenvalue weighted by Crippen LogP contribution is -2.33. The first-order valence-electron chi connectivity index (χ1n) is 5.91. The van der Waals surface area contributed by atoms with Crippen molar-refractivity contribution < 1.29 is 24.2 Å². The molecule has 0 radical (unpaired) electrons. The van der Waals surface area contributed by atoms with Gasteiger partial charge in [-0.25, -0.2) is 0 Å². The number of hydrogen-bond donors (Lipinski definition) is 1. The molecule has 0 aromatic heterocycles. The quantitative estimate of drug-likeness (QED) is 0.670. The van der Waals surface area contributed by atoms with Crippen LogP contribution in [0.3, 0.4) is 0 Å². The fourth-order valence-corrected chi connectivity index (χ4v) is 3.18. The van der Waals surface area contributed by atoms with E-state index in [1.165, 1.54) is 0 Å². The van der Waals surface area contributed by atoms with Crippen LogP contribution in [0.1, 0.15) is 5.56 Å². The largest absolute Gasteiger partial charge is 0.480 e. The Hall–Kier alpha value is -2.06. The lowest BCUT2D eigenvalue weighted by molar-refractivity contribution is -0.140. The highest BCUT2D eigenvalue weighted by Gasteiger charge is 2.33. The molecule has 6 nitrogen and oxygen atoms in total. The van der Waals surface area contributed by atoms with Crippen molar-refractivity contribution in [1.82, 2.24) is 4.90 Å². The minimum absolute atomic E-state index is 0.180. The molecule has 1 aromatic rings. The van der Waals surface area contributed by atoms with Gasteiger partial charge in [0.15, 0.2) is 11.5 Å². The zero-order valence-electron chi connectivity index (χ0n) is 10.6. The number of fused-ring (bicyclic) bond motifs is 1. The molecule has 0 aliphatic carbocycles. The van der Waals surface area contributed by atoms with Crippen molar-refractivity contribution in [3.63, 3.8) is 0 Å². The maximum Gasteiger partial charge on any atom is 0.323 e. The molecule has 2 aliphatic rings. The summed E-state index contributed by atoms with van der Waals surface area (Å²) >= 11 is 6.11. The van der Waals surface area contributed by atoms with Gasteiger partial charge in [-0.15, -0.1) is 0 Å². The number of ether oxygens (including phenoxy) is 2. The molecule has 1 fully saturated rings. The minimum Gasteiger partial charge on any atom is -0.480 e. The Labute approximate surface area is 129 Å². The summed E-state index contributed by atoms with van der Waals surface area (Å²) in [7, 11) is 0. The van der Waals surface area contributed by atoms with Crippen molar-refractivity contribution in [2.24, 2.45) is 0 Å². The molecule has 0 spiro atoms. The number of thioether (sulfide) groups is 1. The fourth-order valence-electron chi connectivity index (χ4n) is 1.93. The number of benzene rings is 1. The number of carbonyl (C=O) groups excluding carboxylic acids is 1. The third-order valence-electron chi connectivity index (χ3n) is 2.86. The summed E-state index contributed by atoms with van der Waals surface area (Å²) in [5.74, 6) is -0.226. The topological polar surface area (TPSA) is 76.1 Å². The highest BCUT2D eigenvalue weighted by atomic mass is 32.2. The van der Waals surface area contributed by atoms with Crippen LogP contribution in [0, 0.1) is 0 Å². The molecule has 3 rings (SSSR count). The number of amides is 1. The number of aliphatic carboxylic acids is 1. The van der Waals surface area contributed by atoms with Crippen LogP contribution < -0.4 is 9.47 Å². The van der Waals surface area contributed by atoms with Crippen LogP contribution in [0.15, 0.2) is 23.1 Å². The number of nitrogens with zero attached hydrogens (tertiary/aromatic N) is 1. The van der Waals surface area contributed by atoms with E-state index in [4.69, 9.17) is 26.8 Å². The van der Waals surface area contributed by atoms with E-state index in [9.17, 15) is 9.59 Å². The third-order valence-corrected chi connectivity index (χ3v) is 4.24. The number of hydrogen-bond acceptors (Lipinski definition) is 6. The summed E-state index contributed by atoms with van der Waals surface area (Å²) in [6, 6.07) is 5.30. The standard InChI is InChI=1S/C13H9NO5S2/c15-11(16)5-14-12(17)10(21-13(14)20)4-7-1-2-8-9(3-7)19-6-18-8/h1-4H,5-6H2,(H,15,16). The van der Waals surface area contributed by atoms with Crippen LogP contribution in [-0.4, -0.2) is 39.5 Å². The SMILES string of the molecule is O=C(O)CN1C(=O)C(=Cc2ccc3c(c2)OCO3)SC1=S. The molecule has 1 aromatic carbocycles. The van der Waals surface area contributed by atoms with Crippen molar-refractivity contribution in [1.29, 1.82) is 0 Å². The first-order valence-corrected chi connectivity index (χ1v) is 7.14. The molecule has 108 valence electrons. The zero-order valence-corrected chi connectivity index (χ0v) is 12.2. The van der Waals surface area contributed by atoms with Gasteiger partial charge < -0.3 is 14.6 Å². The summed E-state index contributed by atoms with van der Waals surface area (Å²) in [6.07, 6.45) is 1.66. The van der Waals surface area contributed by atoms with E-state index in [0.29, 0.717) is 16.4 Å². The Morgan fingerprint density at radius 2 is 2.19 bits per heavy atom. The molecule has 0 saturated carbocycles. The van der Waals surface area contributed by atoms with E-state index in [1.54, 1.807) is 24.3 Å². The third kappa shape index (κ3) is 2.72. The molecular weight excluding hydrogens is 314 g/mol. The average Bonchev–Trinajstić information content (AvgIpc) is 2.98. The molecule has 0 bridgehead atoms. The van der Waals surface area contributed by atoms with Crippen LogP contribution in [0.5, 0.6) is 11.5 Å². The normalized spacial score (nSPS) is 18.7. The zero-order chi connectivity index (χ0) is 15.0. The molecule has 8 heteroatoms. The van der Waals surface area contributed by atoms with Crippen molar-refractivity contribution >= 4 is 46.3 Å². The fraction of sp³-hybridized carbons (Fsp3) is 0.154. The Morgan fingerprint density at radius 3 is 2.95 bits per heavy atom. The van der Waals surface area contributed by atoms with E-state index in [2.05, 4.69) is 0 Å². The summed E-state index contributed by atoms with van der Waals surface area (Å²) in [4.78, 5) is 24.3. The molecule has 21 heavy (non-hydrogen) atoms. The molecule has 1 saturated heterocycles. The second-order valence-corrected chi connectivity index (χ2v) is 5.95. The molecule has 1 amide bonds. The molecule has 0 atom stereocenters. The Balaban J connectivity index is 1.85. The van der Waals surface area contributed by atoms with Gasteiger partial charge in [0.1, 0.15) is 10.9 Å². The molecule has 2 heterocycles. The van der Waals surface area contributed by atoms with Crippen LogP contribution in [-0.2, 0) is 9.59 Å². The first kappa shape index (κ1) is 13.9. The second kappa shape index (κ2) is 5.38. The van der Waals surface area contributed by atoms with Crippen LogP contribution in [0.2, 0.25) is 0 Å². The van der Waals surface area contributed by atoms with Gasteiger partial charge in [-0.1, -0.05) is 30.0 Å². The van der Waals surface area contributed by atoms with E-state index >= 15 is 0 Å². The maximum absolute atomic E-state index is 12.1. The monoisotopic (exact) mass is 323 g/mol. The number of thiocarbonyl (C=S) groups is 1. The smallest absolute Gasteiger partial charge is 0.323 e. The Morgan fingerprint density at radius 1 is 1.43 bits per heavy atom. The number of carboxylic acid groups (broad SMARTS) is 1. The number of rotatable bonds is 3. The van der Waals surface area contributed by atoms with Crippen molar-refractivity contribution in [2.75, 3.05) is 13.3 Å².